The number of thiol groups is 4. The Balaban J connectivity index is 5.06. The van der Waals surface area contributed by atoms with Gasteiger partial charge >= 0.3 is 11.9 Å². The Labute approximate surface area is 104 Å². The second-order valence-corrected chi connectivity index (χ2v) is 5.72. The van der Waals surface area contributed by atoms with E-state index in [-0.39, 0.29) is 0 Å². The van der Waals surface area contributed by atoms with Crippen LogP contribution in [0.4, 0.5) is 0 Å². The molecule has 0 aliphatic rings. The van der Waals surface area contributed by atoms with E-state index < -0.39 is 20.1 Å². The number of carbonyl (C=O) groups excluding carboxylic acids is 2. The topological polar surface area (TPSA) is 52.6 Å². The fourth-order valence-corrected chi connectivity index (χ4v) is 1.30. The molecule has 0 heterocycles. The highest BCUT2D eigenvalue weighted by Gasteiger charge is 2.55. The maximum atomic E-state index is 11.2. The molecule has 0 N–H and O–H groups in total. The van der Waals surface area contributed by atoms with Gasteiger partial charge < -0.3 is 9.47 Å². The van der Waals surface area contributed by atoms with Crippen LogP contribution in [0.25, 0.3) is 0 Å². The van der Waals surface area contributed by atoms with E-state index in [0.29, 0.717) is 0 Å². The van der Waals surface area contributed by atoms with Gasteiger partial charge in [-0.05, 0) is 0 Å². The molecule has 0 saturated carbocycles. The van der Waals surface area contributed by atoms with Crippen molar-refractivity contribution in [2.45, 2.75) is 8.16 Å². The van der Waals surface area contributed by atoms with Crippen molar-refractivity contribution in [3.8, 4) is 0 Å². The Morgan fingerprint density at radius 3 is 1.21 bits per heavy atom. The zero-order valence-corrected chi connectivity index (χ0v) is 11.0. The third kappa shape index (κ3) is 2.47. The normalized spacial score (nSPS) is 12.1. The number of hydrogen-bond donors (Lipinski definition) is 4. The molecule has 8 heteroatoms. The summed E-state index contributed by atoms with van der Waals surface area (Å²) in [6, 6.07) is 0. The largest absolute Gasteiger partial charge is 0.467 e. The number of methoxy groups -OCH3 is 2. The number of ether oxygens (including phenoxy) is 2. The van der Waals surface area contributed by atoms with E-state index in [0.717, 1.165) is 14.2 Å². The van der Waals surface area contributed by atoms with Crippen LogP contribution in [0, 0.1) is 0 Å². The summed E-state index contributed by atoms with van der Waals surface area (Å²) >= 11 is 15.5. The van der Waals surface area contributed by atoms with Gasteiger partial charge in [0.1, 0.15) is 0 Å². The molecular weight excluding hydrogens is 264 g/mol. The standard InChI is InChI=1S/C6H10O4S4/c1-9-3(7)5(11,12)6(13,14)4(8)10-2/h11-14H,1-2H3. The van der Waals surface area contributed by atoms with Gasteiger partial charge in [-0.25, -0.2) is 9.59 Å². The summed E-state index contributed by atoms with van der Waals surface area (Å²) in [6.07, 6.45) is 0. The molecule has 0 saturated heterocycles. The predicted molar refractivity (Wildman–Crippen MR) is 65.4 cm³/mol. The van der Waals surface area contributed by atoms with Crippen LogP contribution in [0.15, 0.2) is 0 Å². The third-order valence-corrected chi connectivity index (χ3v) is 4.20. The second kappa shape index (κ2) is 4.91. The lowest BCUT2D eigenvalue weighted by atomic mass is 10.2. The molecule has 0 aromatic carbocycles. The van der Waals surface area contributed by atoms with Gasteiger partial charge in [0.05, 0.1) is 14.2 Å². The van der Waals surface area contributed by atoms with E-state index in [9.17, 15) is 9.59 Å². The number of rotatable bonds is 3. The van der Waals surface area contributed by atoms with E-state index >= 15 is 0 Å². The smallest absolute Gasteiger partial charge is 0.334 e. The molecule has 0 aliphatic heterocycles. The number of esters is 2. The van der Waals surface area contributed by atoms with Crippen molar-refractivity contribution in [2.24, 2.45) is 0 Å². The summed E-state index contributed by atoms with van der Waals surface area (Å²) in [4.78, 5) is 22.4. The van der Waals surface area contributed by atoms with Crippen LogP contribution in [0.2, 0.25) is 0 Å². The number of carbonyl (C=O) groups is 2. The highest BCUT2D eigenvalue weighted by molar-refractivity contribution is 8.09. The molecule has 4 nitrogen and oxygen atoms in total. The minimum absolute atomic E-state index is 0.848. The van der Waals surface area contributed by atoms with E-state index in [2.05, 4.69) is 60.0 Å². The average molecular weight is 274 g/mol. The van der Waals surface area contributed by atoms with Crippen LogP contribution in [-0.2, 0) is 19.1 Å². The highest BCUT2D eigenvalue weighted by Crippen LogP contribution is 2.42. The summed E-state index contributed by atoms with van der Waals surface area (Å²) in [6.45, 7) is 0. The summed E-state index contributed by atoms with van der Waals surface area (Å²) < 4.78 is 5.22. The lowest BCUT2D eigenvalue weighted by molar-refractivity contribution is -0.147. The first-order valence-corrected chi connectivity index (χ1v) is 5.07. The van der Waals surface area contributed by atoms with Crippen molar-refractivity contribution in [1.29, 1.82) is 0 Å². The van der Waals surface area contributed by atoms with Crippen molar-refractivity contribution in [3.63, 3.8) is 0 Å². The fraction of sp³-hybridized carbons (Fsp3) is 0.667. The van der Waals surface area contributed by atoms with E-state index in [1.807, 2.05) is 0 Å². The number of hydrogen-bond acceptors (Lipinski definition) is 8. The molecule has 0 fully saturated rings. The Bertz CT molecular complexity index is 224. The molecule has 0 rings (SSSR count). The second-order valence-electron chi connectivity index (χ2n) is 2.33. The Kier molecular flexibility index (Phi) is 5.03. The lowest BCUT2D eigenvalue weighted by Crippen LogP contribution is -2.50. The summed E-state index contributed by atoms with van der Waals surface area (Å²) in [5.74, 6) is -1.70. The van der Waals surface area contributed by atoms with Crippen molar-refractivity contribution in [1.82, 2.24) is 0 Å². The zero-order valence-electron chi connectivity index (χ0n) is 7.42. The summed E-state index contributed by atoms with van der Waals surface area (Å²) in [5, 5.41) is 0. The first kappa shape index (κ1) is 14.3. The van der Waals surface area contributed by atoms with Crippen molar-refractivity contribution in [2.75, 3.05) is 14.2 Å². The maximum absolute atomic E-state index is 11.2. The SMILES string of the molecule is COC(=O)C(S)(S)C(S)(S)C(=O)OC. The Hall–Kier alpha value is 0.340. The monoisotopic (exact) mass is 274 g/mol. The summed E-state index contributed by atoms with van der Waals surface area (Å²) in [5.41, 5.74) is 0. The Morgan fingerprint density at radius 2 is 1.07 bits per heavy atom. The van der Waals surface area contributed by atoms with Gasteiger partial charge in [0, 0.05) is 0 Å². The Morgan fingerprint density at radius 1 is 0.857 bits per heavy atom. The van der Waals surface area contributed by atoms with Crippen LogP contribution in [0.3, 0.4) is 0 Å². The molecule has 0 unspecified atom stereocenters. The van der Waals surface area contributed by atoms with Crippen LogP contribution in [0.5, 0.6) is 0 Å². The predicted octanol–water partition coefficient (Wildman–Crippen LogP) is 0.444. The molecule has 14 heavy (non-hydrogen) atoms. The highest BCUT2D eigenvalue weighted by atomic mass is 32.2. The molecule has 0 spiro atoms. The van der Waals surface area contributed by atoms with E-state index in [4.69, 9.17) is 0 Å². The summed E-state index contributed by atoms with van der Waals surface area (Å²) in [7, 11) is 2.27. The van der Waals surface area contributed by atoms with Gasteiger partial charge in [0.2, 0.25) is 0 Å². The van der Waals surface area contributed by atoms with Crippen molar-refractivity contribution >= 4 is 62.5 Å². The lowest BCUT2D eigenvalue weighted by Gasteiger charge is -2.32. The first-order chi connectivity index (χ1) is 6.21. The van der Waals surface area contributed by atoms with Crippen molar-refractivity contribution in [3.05, 3.63) is 0 Å². The van der Waals surface area contributed by atoms with Crippen LogP contribution < -0.4 is 0 Å². The van der Waals surface area contributed by atoms with Gasteiger partial charge in [-0.3, -0.25) is 0 Å². The zero-order chi connectivity index (χ0) is 11.6. The third-order valence-electron chi connectivity index (χ3n) is 1.43. The van der Waals surface area contributed by atoms with E-state index in [1.165, 1.54) is 0 Å². The quantitative estimate of drug-likeness (QED) is 0.343. The molecule has 82 valence electrons. The fourth-order valence-electron chi connectivity index (χ4n) is 0.569. The average Bonchev–Trinajstić information content (AvgIpc) is 2.14. The van der Waals surface area contributed by atoms with Gasteiger partial charge in [-0.15, -0.1) is 50.5 Å². The van der Waals surface area contributed by atoms with Crippen LogP contribution >= 0.6 is 50.5 Å². The molecule has 0 aromatic heterocycles. The molecule has 0 aliphatic carbocycles. The molecular formula is C6H10O4S4. The molecule has 0 radical (unpaired) electrons. The van der Waals surface area contributed by atoms with E-state index in [1.54, 1.807) is 0 Å². The molecule has 0 amide bonds. The molecule has 0 bridgehead atoms. The molecule has 0 atom stereocenters. The first-order valence-electron chi connectivity index (χ1n) is 3.28. The van der Waals surface area contributed by atoms with Gasteiger partial charge in [0.25, 0.3) is 0 Å². The minimum atomic E-state index is -1.79. The van der Waals surface area contributed by atoms with Gasteiger partial charge in [-0.2, -0.15) is 0 Å². The van der Waals surface area contributed by atoms with Crippen LogP contribution in [-0.4, -0.2) is 34.3 Å². The molecule has 0 aromatic rings. The maximum Gasteiger partial charge on any atom is 0.334 e. The van der Waals surface area contributed by atoms with Crippen LogP contribution in [0.1, 0.15) is 0 Å². The van der Waals surface area contributed by atoms with Gasteiger partial charge in [0.15, 0.2) is 8.16 Å². The van der Waals surface area contributed by atoms with Gasteiger partial charge in [-0.1, -0.05) is 0 Å². The van der Waals surface area contributed by atoms with Crippen molar-refractivity contribution < 1.29 is 19.1 Å². The minimum Gasteiger partial charge on any atom is -0.467 e.